The molecule has 0 radical (unpaired) electrons. The van der Waals surface area contributed by atoms with E-state index in [1.807, 2.05) is 35.8 Å². The summed E-state index contributed by atoms with van der Waals surface area (Å²) < 4.78 is 12.6. The van der Waals surface area contributed by atoms with Crippen molar-refractivity contribution in [3.63, 3.8) is 0 Å². The number of nitrogens with one attached hydrogen (secondary N) is 2. The number of urea groups is 1. The second kappa shape index (κ2) is 9.38. The quantitative estimate of drug-likeness (QED) is 0.457. The number of methoxy groups -OCH3 is 2. The van der Waals surface area contributed by atoms with E-state index in [-0.39, 0.29) is 6.03 Å². The molecule has 0 aliphatic carbocycles. The fraction of sp³-hybridized carbons (Fsp3) is 0.208. The number of nitrogens with zero attached hydrogens (tertiary/aromatic N) is 3. The van der Waals surface area contributed by atoms with Crippen LogP contribution in [-0.4, -0.2) is 41.3 Å². The van der Waals surface area contributed by atoms with Gasteiger partial charge in [0.1, 0.15) is 22.8 Å². The number of rotatable bonds is 7. The van der Waals surface area contributed by atoms with Gasteiger partial charge in [-0.05, 0) is 31.2 Å². The van der Waals surface area contributed by atoms with Crippen molar-refractivity contribution < 1.29 is 14.3 Å². The lowest BCUT2D eigenvalue weighted by Crippen LogP contribution is -2.31. The number of aromatic nitrogens is 3. The molecule has 0 atom stereocenters. The second-order valence-electron chi connectivity index (χ2n) is 7.25. The van der Waals surface area contributed by atoms with Crippen LogP contribution in [0.5, 0.6) is 11.5 Å². The Hall–Kier alpha value is -4.07. The molecule has 2 aromatic carbocycles. The molecule has 0 bridgehead atoms. The predicted octanol–water partition coefficient (Wildman–Crippen LogP) is 4.25. The molecular formula is C24H25N5O3. The van der Waals surface area contributed by atoms with Gasteiger partial charge in [0.25, 0.3) is 0 Å². The number of hydrogen-bond acceptors (Lipinski definition) is 5. The highest BCUT2D eigenvalue weighted by Gasteiger charge is 2.14. The topological polar surface area (TPSA) is 90.3 Å². The van der Waals surface area contributed by atoms with Gasteiger partial charge < -0.3 is 24.7 Å². The lowest BCUT2D eigenvalue weighted by molar-refractivity contribution is 0.251. The van der Waals surface area contributed by atoms with E-state index in [9.17, 15) is 4.79 Å². The Bertz CT molecular complexity index is 1230. The van der Waals surface area contributed by atoms with Gasteiger partial charge >= 0.3 is 6.03 Å². The van der Waals surface area contributed by atoms with Crippen molar-refractivity contribution in [2.45, 2.75) is 13.5 Å². The molecule has 4 aromatic rings. The van der Waals surface area contributed by atoms with Gasteiger partial charge in [-0.15, -0.1) is 0 Å². The van der Waals surface area contributed by atoms with Crippen LogP contribution in [0.1, 0.15) is 5.56 Å². The first-order valence-electron chi connectivity index (χ1n) is 10.2. The SMILES string of the molecule is COc1ccc(OC)c(NC(=O)NCCn2c(-c3ccc(C)cc3)nc3cccnc32)c1. The van der Waals surface area contributed by atoms with Gasteiger partial charge in [0.15, 0.2) is 5.65 Å². The summed E-state index contributed by atoms with van der Waals surface area (Å²) in [6.07, 6.45) is 1.74. The second-order valence-corrected chi connectivity index (χ2v) is 7.25. The monoisotopic (exact) mass is 431 g/mol. The van der Waals surface area contributed by atoms with Gasteiger partial charge in [0.2, 0.25) is 0 Å². The Morgan fingerprint density at radius 1 is 1.06 bits per heavy atom. The van der Waals surface area contributed by atoms with E-state index in [2.05, 4.69) is 27.8 Å². The fourth-order valence-corrected chi connectivity index (χ4v) is 3.45. The smallest absolute Gasteiger partial charge is 0.319 e. The molecule has 0 aliphatic rings. The maximum absolute atomic E-state index is 12.5. The molecule has 2 amide bonds. The molecule has 32 heavy (non-hydrogen) atoms. The summed E-state index contributed by atoms with van der Waals surface area (Å²) in [6, 6.07) is 16.9. The van der Waals surface area contributed by atoms with Crippen LogP contribution in [0, 0.1) is 6.92 Å². The molecular weight excluding hydrogens is 406 g/mol. The molecule has 0 saturated heterocycles. The summed E-state index contributed by atoms with van der Waals surface area (Å²) in [5, 5.41) is 5.70. The number of pyridine rings is 1. The third-order valence-electron chi connectivity index (χ3n) is 5.09. The minimum atomic E-state index is -0.342. The van der Waals surface area contributed by atoms with Crippen LogP contribution in [0.3, 0.4) is 0 Å². The molecule has 164 valence electrons. The molecule has 0 unspecified atom stereocenters. The summed E-state index contributed by atoms with van der Waals surface area (Å²) in [6.45, 7) is 2.95. The largest absolute Gasteiger partial charge is 0.497 e. The molecule has 4 rings (SSSR count). The van der Waals surface area contributed by atoms with Crippen LogP contribution >= 0.6 is 0 Å². The number of anilines is 1. The Kier molecular flexibility index (Phi) is 6.21. The molecule has 0 aliphatic heterocycles. The van der Waals surface area contributed by atoms with Gasteiger partial charge in [-0.25, -0.2) is 14.8 Å². The molecule has 8 heteroatoms. The first-order valence-corrected chi connectivity index (χ1v) is 10.2. The van der Waals surface area contributed by atoms with Crippen molar-refractivity contribution in [3.05, 3.63) is 66.4 Å². The van der Waals surface area contributed by atoms with Crippen LogP contribution < -0.4 is 20.1 Å². The van der Waals surface area contributed by atoms with Crippen molar-refractivity contribution in [1.82, 2.24) is 19.9 Å². The normalized spacial score (nSPS) is 10.7. The average Bonchev–Trinajstić information content (AvgIpc) is 3.18. The minimum Gasteiger partial charge on any atom is -0.497 e. The first-order chi connectivity index (χ1) is 15.6. The Labute approximate surface area is 186 Å². The van der Waals surface area contributed by atoms with Crippen LogP contribution in [-0.2, 0) is 6.54 Å². The summed E-state index contributed by atoms with van der Waals surface area (Å²) in [5.74, 6) is 1.99. The van der Waals surface area contributed by atoms with Crippen molar-refractivity contribution >= 4 is 22.9 Å². The minimum absolute atomic E-state index is 0.342. The summed E-state index contributed by atoms with van der Waals surface area (Å²) >= 11 is 0. The van der Waals surface area contributed by atoms with Crippen molar-refractivity contribution in [2.75, 3.05) is 26.1 Å². The third kappa shape index (κ3) is 4.49. The Balaban J connectivity index is 1.49. The van der Waals surface area contributed by atoms with Crippen molar-refractivity contribution in [3.8, 4) is 22.9 Å². The standard InChI is InChI=1S/C24H25N5O3/c1-16-6-8-17(9-7-16)22-27-19-5-4-12-25-23(19)29(22)14-13-26-24(30)28-20-15-18(31-2)10-11-21(20)32-3/h4-12,15H,13-14H2,1-3H3,(H2,26,28,30). The molecule has 2 aromatic heterocycles. The summed E-state index contributed by atoms with van der Waals surface area (Å²) in [5.41, 5.74) is 4.30. The highest BCUT2D eigenvalue weighted by molar-refractivity contribution is 5.91. The number of aryl methyl sites for hydroxylation is 1. The third-order valence-corrected chi connectivity index (χ3v) is 5.09. The molecule has 8 nitrogen and oxygen atoms in total. The highest BCUT2D eigenvalue weighted by Crippen LogP contribution is 2.29. The van der Waals surface area contributed by atoms with Crippen LogP contribution in [0.25, 0.3) is 22.6 Å². The maximum atomic E-state index is 12.5. The van der Waals surface area contributed by atoms with Gasteiger partial charge in [-0.3, -0.25) is 0 Å². The number of amides is 2. The van der Waals surface area contributed by atoms with Gasteiger partial charge in [0.05, 0.1) is 19.9 Å². The van der Waals surface area contributed by atoms with Crippen LogP contribution in [0.2, 0.25) is 0 Å². The molecule has 0 fully saturated rings. The Morgan fingerprint density at radius 3 is 2.62 bits per heavy atom. The maximum Gasteiger partial charge on any atom is 0.319 e. The average molecular weight is 431 g/mol. The number of imidazole rings is 1. The Morgan fingerprint density at radius 2 is 1.88 bits per heavy atom. The van der Waals surface area contributed by atoms with Crippen molar-refractivity contribution in [1.29, 1.82) is 0 Å². The number of carbonyl (C=O) groups excluding carboxylic acids is 1. The van der Waals surface area contributed by atoms with Crippen LogP contribution in [0.4, 0.5) is 10.5 Å². The number of benzene rings is 2. The summed E-state index contributed by atoms with van der Waals surface area (Å²) in [7, 11) is 3.12. The van der Waals surface area contributed by atoms with E-state index < -0.39 is 0 Å². The van der Waals surface area contributed by atoms with E-state index in [0.717, 1.165) is 22.6 Å². The van der Waals surface area contributed by atoms with E-state index in [1.165, 1.54) is 5.56 Å². The summed E-state index contributed by atoms with van der Waals surface area (Å²) in [4.78, 5) is 21.8. The van der Waals surface area contributed by atoms with Gasteiger partial charge in [0, 0.05) is 30.9 Å². The lowest BCUT2D eigenvalue weighted by atomic mass is 10.1. The fourth-order valence-electron chi connectivity index (χ4n) is 3.45. The molecule has 2 N–H and O–H groups in total. The zero-order valence-corrected chi connectivity index (χ0v) is 18.3. The molecule has 2 heterocycles. The number of fused-ring (bicyclic) bond motifs is 1. The van der Waals surface area contributed by atoms with Gasteiger partial charge in [-0.2, -0.15) is 0 Å². The van der Waals surface area contributed by atoms with Crippen LogP contribution in [0.15, 0.2) is 60.8 Å². The zero-order chi connectivity index (χ0) is 22.5. The molecule has 0 spiro atoms. The predicted molar refractivity (Wildman–Crippen MR) is 124 cm³/mol. The van der Waals surface area contributed by atoms with Crippen molar-refractivity contribution in [2.24, 2.45) is 0 Å². The van der Waals surface area contributed by atoms with E-state index in [0.29, 0.717) is 30.3 Å². The first kappa shape index (κ1) is 21.2. The number of hydrogen-bond donors (Lipinski definition) is 2. The van der Waals surface area contributed by atoms with E-state index in [4.69, 9.17) is 14.5 Å². The number of carbonyl (C=O) groups is 1. The van der Waals surface area contributed by atoms with Gasteiger partial charge in [-0.1, -0.05) is 29.8 Å². The molecule has 0 saturated carbocycles. The zero-order valence-electron chi connectivity index (χ0n) is 18.3. The lowest BCUT2D eigenvalue weighted by Gasteiger charge is -2.13. The van der Waals surface area contributed by atoms with E-state index >= 15 is 0 Å². The number of ether oxygens (including phenoxy) is 2. The highest BCUT2D eigenvalue weighted by atomic mass is 16.5. The van der Waals surface area contributed by atoms with E-state index in [1.54, 1.807) is 38.6 Å².